The smallest absolute Gasteiger partial charge is 0.309 e. The molecule has 0 saturated carbocycles. The second-order valence-corrected chi connectivity index (χ2v) is 5.35. The second kappa shape index (κ2) is 9.32. The molecule has 0 aliphatic heterocycles. The van der Waals surface area contributed by atoms with Crippen LogP contribution in [0.25, 0.3) is 0 Å². The van der Waals surface area contributed by atoms with Crippen LogP contribution in [0.1, 0.15) is 12.0 Å². The van der Waals surface area contributed by atoms with Gasteiger partial charge < -0.3 is 19.5 Å². The first-order valence-corrected chi connectivity index (χ1v) is 7.86. The summed E-state index contributed by atoms with van der Waals surface area (Å²) in [6.45, 7) is 1.82. The van der Waals surface area contributed by atoms with Gasteiger partial charge in [-0.3, -0.25) is 9.59 Å². The van der Waals surface area contributed by atoms with Gasteiger partial charge in [-0.15, -0.1) is 0 Å². The molecule has 0 aromatic heterocycles. The third kappa shape index (κ3) is 6.55. The highest BCUT2D eigenvalue weighted by Gasteiger charge is 2.08. The van der Waals surface area contributed by atoms with Crippen LogP contribution >= 0.6 is 0 Å². The maximum absolute atomic E-state index is 11.8. The zero-order valence-corrected chi connectivity index (χ0v) is 14.3. The molecule has 6 nitrogen and oxygen atoms in total. The topological polar surface area (TPSA) is 73.9 Å². The molecule has 2 rings (SSSR count). The SMILES string of the molecule is COc1ccc(NC(=O)COC(=O)CCOc2cccc(C)c2)cc1. The van der Waals surface area contributed by atoms with Gasteiger partial charge in [-0.25, -0.2) is 0 Å². The summed E-state index contributed by atoms with van der Waals surface area (Å²) < 4.78 is 15.4. The number of esters is 1. The van der Waals surface area contributed by atoms with Crippen molar-refractivity contribution in [2.24, 2.45) is 0 Å². The molecule has 0 unspecified atom stereocenters. The Kier molecular flexibility index (Phi) is 6.83. The van der Waals surface area contributed by atoms with Crippen molar-refractivity contribution >= 4 is 17.6 Å². The lowest BCUT2D eigenvalue weighted by Crippen LogP contribution is -2.21. The summed E-state index contributed by atoms with van der Waals surface area (Å²) in [5.74, 6) is 0.499. The van der Waals surface area contributed by atoms with Crippen molar-refractivity contribution in [1.29, 1.82) is 0 Å². The van der Waals surface area contributed by atoms with Gasteiger partial charge in [0.25, 0.3) is 5.91 Å². The molecule has 6 heteroatoms. The zero-order chi connectivity index (χ0) is 18.1. The first-order valence-electron chi connectivity index (χ1n) is 7.86. The largest absolute Gasteiger partial charge is 0.497 e. The van der Waals surface area contributed by atoms with Gasteiger partial charge in [-0.1, -0.05) is 12.1 Å². The van der Waals surface area contributed by atoms with Gasteiger partial charge in [-0.05, 0) is 48.9 Å². The molecule has 0 heterocycles. The van der Waals surface area contributed by atoms with Gasteiger partial charge in [0, 0.05) is 5.69 Å². The zero-order valence-electron chi connectivity index (χ0n) is 14.3. The van der Waals surface area contributed by atoms with E-state index in [1.807, 2.05) is 31.2 Å². The fourth-order valence-electron chi connectivity index (χ4n) is 2.05. The van der Waals surface area contributed by atoms with Crippen LogP contribution in [0.15, 0.2) is 48.5 Å². The molecular weight excluding hydrogens is 322 g/mol. The molecular formula is C19H21NO5. The average Bonchev–Trinajstić information content (AvgIpc) is 2.61. The minimum atomic E-state index is -0.488. The van der Waals surface area contributed by atoms with Crippen LogP contribution in [0.5, 0.6) is 11.5 Å². The molecule has 0 atom stereocenters. The number of benzene rings is 2. The van der Waals surface area contributed by atoms with E-state index in [0.717, 1.165) is 5.56 Å². The first kappa shape index (κ1) is 18.3. The van der Waals surface area contributed by atoms with Crippen molar-refractivity contribution < 1.29 is 23.8 Å². The van der Waals surface area contributed by atoms with Gasteiger partial charge in [0.05, 0.1) is 20.1 Å². The molecule has 0 radical (unpaired) electrons. The van der Waals surface area contributed by atoms with Crippen molar-refractivity contribution in [1.82, 2.24) is 0 Å². The van der Waals surface area contributed by atoms with Gasteiger partial charge in [0.2, 0.25) is 0 Å². The van der Waals surface area contributed by atoms with Crippen LogP contribution in [-0.4, -0.2) is 32.2 Å². The standard InChI is InChI=1S/C19H21NO5/c1-14-4-3-5-17(12-14)24-11-10-19(22)25-13-18(21)20-15-6-8-16(23-2)9-7-15/h3-9,12H,10-11,13H2,1-2H3,(H,20,21). The van der Waals surface area contributed by atoms with Crippen LogP contribution in [0.3, 0.4) is 0 Å². The first-order chi connectivity index (χ1) is 12.1. The number of methoxy groups -OCH3 is 1. The van der Waals surface area contributed by atoms with E-state index in [9.17, 15) is 9.59 Å². The monoisotopic (exact) mass is 343 g/mol. The lowest BCUT2D eigenvalue weighted by molar-refractivity contribution is -0.147. The highest BCUT2D eigenvalue weighted by atomic mass is 16.5. The normalized spacial score (nSPS) is 10.0. The number of hydrogen-bond acceptors (Lipinski definition) is 5. The van der Waals surface area contributed by atoms with Crippen LogP contribution in [0.4, 0.5) is 5.69 Å². The molecule has 1 amide bonds. The molecule has 0 spiro atoms. The Balaban J connectivity index is 1.65. The molecule has 1 N–H and O–H groups in total. The minimum Gasteiger partial charge on any atom is -0.497 e. The molecule has 2 aromatic rings. The number of amides is 1. The Hall–Kier alpha value is -3.02. The summed E-state index contributed by atoms with van der Waals surface area (Å²) in [4.78, 5) is 23.4. The van der Waals surface area contributed by atoms with Crippen molar-refractivity contribution in [2.45, 2.75) is 13.3 Å². The van der Waals surface area contributed by atoms with Crippen molar-refractivity contribution in [3.8, 4) is 11.5 Å². The molecule has 0 saturated heterocycles. The summed E-state index contributed by atoms with van der Waals surface area (Å²) in [5.41, 5.74) is 1.68. The van der Waals surface area contributed by atoms with Crippen molar-refractivity contribution in [3.63, 3.8) is 0 Å². The summed E-state index contributed by atoms with van der Waals surface area (Å²) in [6.07, 6.45) is 0.0732. The quantitative estimate of drug-likeness (QED) is 0.746. The Morgan fingerprint density at radius 2 is 1.80 bits per heavy atom. The third-order valence-electron chi connectivity index (χ3n) is 3.30. The Morgan fingerprint density at radius 3 is 2.48 bits per heavy atom. The minimum absolute atomic E-state index is 0.0732. The van der Waals surface area contributed by atoms with E-state index in [1.54, 1.807) is 31.4 Å². The summed E-state index contributed by atoms with van der Waals surface area (Å²) in [5, 5.41) is 2.63. The highest BCUT2D eigenvalue weighted by molar-refractivity contribution is 5.92. The molecule has 0 fully saturated rings. The van der Waals surface area contributed by atoms with E-state index < -0.39 is 11.9 Å². The van der Waals surface area contributed by atoms with Crippen molar-refractivity contribution in [2.75, 3.05) is 25.6 Å². The molecule has 0 aliphatic carbocycles. The molecule has 25 heavy (non-hydrogen) atoms. The number of nitrogens with one attached hydrogen (secondary N) is 1. The van der Waals surface area contributed by atoms with E-state index in [1.165, 1.54) is 0 Å². The number of hydrogen-bond donors (Lipinski definition) is 1. The Bertz CT molecular complexity index is 712. The number of aryl methyl sites for hydroxylation is 1. The van der Waals surface area contributed by atoms with Gasteiger partial charge in [0.1, 0.15) is 11.5 Å². The summed E-state index contributed by atoms with van der Waals surface area (Å²) in [6, 6.07) is 14.4. The fraction of sp³-hybridized carbons (Fsp3) is 0.263. The maximum atomic E-state index is 11.8. The lowest BCUT2D eigenvalue weighted by Gasteiger charge is -2.08. The Morgan fingerprint density at radius 1 is 1.04 bits per heavy atom. The summed E-state index contributed by atoms with van der Waals surface area (Å²) >= 11 is 0. The number of carbonyl (C=O) groups is 2. The summed E-state index contributed by atoms with van der Waals surface area (Å²) in [7, 11) is 1.57. The number of anilines is 1. The number of carbonyl (C=O) groups excluding carboxylic acids is 2. The van der Waals surface area contributed by atoms with Gasteiger partial charge in [0.15, 0.2) is 6.61 Å². The molecule has 0 aliphatic rings. The lowest BCUT2D eigenvalue weighted by atomic mass is 10.2. The average molecular weight is 343 g/mol. The molecule has 2 aromatic carbocycles. The van der Waals surface area contributed by atoms with E-state index in [-0.39, 0.29) is 19.6 Å². The van der Waals surface area contributed by atoms with Crippen LogP contribution in [-0.2, 0) is 14.3 Å². The van der Waals surface area contributed by atoms with Gasteiger partial charge >= 0.3 is 5.97 Å². The predicted octanol–water partition coefficient (Wildman–Crippen LogP) is 2.95. The Labute approximate surface area is 146 Å². The third-order valence-corrected chi connectivity index (χ3v) is 3.30. The van der Waals surface area contributed by atoms with E-state index in [2.05, 4.69) is 5.32 Å². The van der Waals surface area contributed by atoms with Crippen molar-refractivity contribution in [3.05, 3.63) is 54.1 Å². The van der Waals surface area contributed by atoms with Crippen LogP contribution in [0, 0.1) is 6.92 Å². The second-order valence-electron chi connectivity index (χ2n) is 5.35. The number of rotatable bonds is 8. The van der Waals surface area contributed by atoms with E-state index in [4.69, 9.17) is 14.2 Å². The van der Waals surface area contributed by atoms with Crippen LogP contribution < -0.4 is 14.8 Å². The highest BCUT2D eigenvalue weighted by Crippen LogP contribution is 2.15. The van der Waals surface area contributed by atoms with E-state index >= 15 is 0 Å². The molecule has 0 bridgehead atoms. The fourth-order valence-corrected chi connectivity index (χ4v) is 2.05. The predicted molar refractivity (Wildman–Crippen MR) is 93.9 cm³/mol. The van der Waals surface area contributed by atoms with Gasteiger partial charge in [-0.2, -0.15) is 0 Å². The number of ether oxygens (including phenoxy) is 3. The molecule has 132 valence electrons. The van der Waals surface area contributed by atoms with E-state index in [0.29, 0.717) is 17.2 Å². The maximum Gasteiger partial charge on any atom is 0.309 e. The van der Waals surface area contributed by atoms with Crippen LogP contribution in [0.2, 0.25) is 0 Å².